The van der Waals surface area contributed by atoms with E-state index < -0.39 is 12.1 Å². The van der Waals surface area contributed by atoms with Crippen molar-refractivity contribution in [2.45, 2.75) is 379 Å². The molecule has 0 aliphatic rings. The molecule has 0 aliphatic carbocycles. The molecule has 0 aromatic carbocycles. The lowest BCUT2D eigenvalue weighted by molar-refractivity contribution is -0.143. The first-order valence-corrected chi connectivity index (χ1v) is 32.4. The highest BCUT2D eigenvalue weighted by Gasteiger charge is 2.20. The van der Waals surface area contributed by atoms with Crippen LogP contribution in [0.3, 0.4) is 0 Å². The molecular weight excluding hydrogens is 875 g/mol. The Labute approximate surface area is 444 Å². The van der Waals surface area contributed by atoms with Gasteiger partial charge in [-0.3, -0.25) is 9.59 Å². The van der Waals surface area contributed by atoms with Crippen LogP contribution in [0.5, 0.6) is 0 Å². The molecule has 0 saturated carbocycles. The lowest BCUT2D eigenvalue weighted by Gasteiger charge is -2.22. The van der Waals surface area contributed by atoms with E-state index in [0.717, 1.165) is 64.2 Å². The smallest absolute Gasteiger partial charge is 0.305 e. The van der Waals surface area contributed by atoms with Gasteiger partial charge >= 0.3 is 5.97 Å². The molecule has 0 radical (unpaired) electrons. The summed E-state index contributed by atoms with van der Waals surface area (Å²) in [5.74, 6) is -0.0474. The van der Waals surface area contributed by atoms with Crippen LogP contribution < -0.4 is 5.32 Å². The largest absolute Gasteiger partial charge is 0.466 e. The Kier molecular flexibility index (Phi) is 59.9. The fourth-order valence-corrected chi connectivity index (χ4v) is 10.3. The Morgan fingerprint density at radius 2 is 0.662 bits per heavy atom. The van der Waals surface area contributed by atoms with Gasteiger partial charge in [0.1, 0.15) is 0 Å². The highest BCUT2D eigenvalue weighted by atomic mass is 16.5. The third kappa shape index (κ3) is 57.7. The Balaban J connectivity index is 3.44. The molecule has 422 valence electrons. The number of allylic oxidation sites excluding steroid dienone is 2. The summed E-state index contributed by atoms with van der Waals surface area (Å²) in [4.78, 5) is 24.6. The summed E-state index contributed by atoms with van der Waals surface area (Å²) in [6.45, 7) is 4.96. The number of carbonyl (C=O) groups excluding carboxylic acids is 2. The number of hydrogen-bond donors (Lipinski definition) is 3. The molecule has 0 aromatic rings. The molecule has 0 saturated heterocycles. The Morgan fingerprint density at radius 3 is 1.00 bits per heavy atom. The molecule has 0 rings (SSSR count). The topological polar surface area (TPSA) is 95.9 Å². The lowest BCUT2D eigenvalue weighted by atomic mass is 10.0. The minimum atomic E-state index is -0.675. The van der Waals surface area contributed by atoms with Crippen molar-refractivity contribution in [2.24, 2.45) is 0 Å². The maximum absolute atomic E-state index is 12.5. The van der Waals surface area contributed by atoms with Gasteiger partial charge < -0.3 is 20.3 Å². The summed E-state index contributed by atoms with van der Waals surface area (Å²) in [6.07, 6.45) is 73.7. The molecule has 2 atom stereocenters. The SMILES string of the molecule is CCCCCCCCCCCCCCCCCCCCCCCCCCCC(O)C(CO)NC(=O)CCCCCCC/C=C\CCCCCCCCCOC(=O)CCCCCCCCCCCCCCC. The maximum Gasteiger partial charge on any atom is 0.305 e. The molecule has 0 spiro atoms. The van der Waals surface area contributed by atoms with Crippen LogP contribution in [0.4, 0.5) is 0 Å². The number of aliphatic hydroxyl groups excluding tert-OH is 2. The molecule has 71 heavy (non-hydrogen) atoms. The molecule has 2 unspecified atom stereocenters. The average molecular weight is 1000 g/mol. The zero-order chi connectivity index (χ0) is 51.4. The first-order valence-electron chi connectivity index (χ1n) is 32.4. The van der Waals surface area contributed by atoms with Crippen molar-refractivity contribution in [3.63, 3.8) is 0 Å². The number of carbonyl (C=O) groups is 2. The predicted molar refractivity (Wildman–Crippen MR) is 310 cm³/mol. The van der Waals surface area contributed by atoms with E-state index in [9.17, 15) is 19.8 Å². The van der Waals surface area contributed by atoms with Gasteiger partial charge in [-0.05, 0) is 51.4 Å². The van der Waals surface area contributed by atoms with E-state index in [-0.39, 0.29) is 18.5 Å². The van der Waals surface area contributed by atoms with Gasteiger partial charge in [-0.25, -0.2) is 0 Å². The van der Waals surface area contributed by atoms with Gasteiger partial charge in [0.15, 0.2) is 0 Å². The number of rotatable bonds is 61. The number of amides is 1. The second-order valence-electron chi connectivity index (χ2n) is 22.5. The minimum absolute atomic E-state index is 0.0000351. The van der Waals surface area contributed by atoms with Crippen molar-refractivity contribution in [1.29, 1.82) is 0 Å². The highest BCUT2D eigenvalue weighted by molar-refractivity contribution is 5.76. The molecule has 1 amide bonds. The molecule has 0 aliphatic heterocycles. The van der Waals surface area contributed by atoms with Crippen LogP contribution in [0.25, 0.3) is 0 Å². The van der Waals surface area contributed by atoms with E-state index in [1.807, 2.05) is 0 Å². The molecule has 6 nitrogen and oxygen atoms in total. The Hall–Kier alpha value is -1.40. The van der Waals surface area contributed by atoms with Crippen LogP contribution in [0.2, 0.25) is 0 Å². The molecule has 6 heteroatoms. The summed E-state index contributed by atoms with van der Waals surface area (Å²) in [5.41, 5.74) is 0. The molecule has 0 fully saturated rings. The zero-order valence-corrected chi connectivity index (χ0v) is 48.2. The molecule has 0 aromatic heterocycles. The third-order valence-corrected chi connectivity index (χ3v) is 15.3. The number of nitrogens with one attached hydrogen (secondary N) is 1. The number of aliphatic hydroxyl groups is 2. The normalized spacial score (nSPS) is 12.6. The van der Waals surface area contributed by atoms with Gasteiger partial charge in [-0.15, -0.1) is 0 Å². The summed E-state index contributed by atoms with van der Waals surface area (Å²) in [5, 5.41) is 23.4. The number of unbranched alkanes of at least 4 members (excludes halogenated alkanes) is 48. The summed E-state index contributed by atoms with van der Waals surface area (Å²) in [7, 11) is 0. The zero-order valence-electron chi connectivity index (χ0n) is 48.2. The van der Waals surface area contributed by atoms with Crippen LogP contribution in [0.15, 0.2) is 12.2 Å². The maximum atomic E-state index is 12.5. The monoisotopic (exact) mass is 1000 g/mol. The Bertz CT molecular complexity index is 1060. The van der Waals surface area contributed by atoms with Crippen molar-refractivity contribution in [3.8, 4) is 0 Å². The predicted octanol–water partition coefficient (Wildman–Crippen LogP) is 20.4. The van der Waals surface area contributed by atoms with Gasteiger partial charge in [0.05, 0.1) is 25.4 Å². The summed E-state index contributed by atoms with van der Waals surface area (Å²) < 4.78 is 5.47. The van der Waals surface area contributed by atoms with E-state index in [4.69, 9.17) is 4.74 Å². The molecule has 0 heterocycles. The first kappa shape index (κ1) is 69.6. The van der Waals surface area contributed by atoms with Gasteiger partial charge in [-0.1, -0.05) is 315 Å². The van der Waals surface area contributed by atoms with E-state index in [2.05, 4.69) is 31.3 Å². The number of esters is 1. The van der Waals surface area contributed by atoms with Crippen molar-refractivity contribution >= 4 is 11.9 Å². The fraction of sp³-hybridized carbons (Fsp3) is 0.938. The summed E-state index contributed by atoms with van der Waals surface area (Å²) >= 11 is 0. The fourth-order valence-electron chi connectivity index (χ4n) is 10.3. The standard InChI is InChI=1S/C65H127NO5/c1-3-5-7-9-11-13-15-17-18-19-20-21-22-23-24-25-26-27-30-34-37-41-45-49-53-57-63(68)62(61-67)66-64(69)58-54-50-46-42-38-35-31-28-29-32-36-40-44-48-52-56-60-71-65(70)59-55-51-47-43-39-33-16-14-12-10-8-6-4-2/h28,31,62-63,67-68H,3-27,29-30,32-61H2,1-2H3,(H,66,69)/b31-28-. The van der Waals surface area contributed by atoms with Crippen molar-refractivity contribution < 1.29 is 24.5 Å². The van der Waals surface area contributed by atoms with Crippen LogP contribution in [-0.4, -0.2) is 47.4 Å². The first-order chi connectivity index (χ1) is 35.0. The van der Waals surface area contributed by atoms with E-state index in [1.54, 1.807) is 0 Å². The van der Waals surface area contributed by atoms with Gasteiger partial charge in [0.2, 0.25) is 5.91 Å². The van der Waals surface area contributed by atoms with Crippen molar-refractivity contribution in [3.05, 3.63) is 12.2 Å². The van der Waals surface area contributed by atoms with Crippen LogP contribution in [-0.2, 0) is 14.3 Å². The van der Waals surface area contributed by atoms with E-state index in [1.165, 1.54) is 270 Å². The molecule has 0 bridgehead atoms. The minimum Gasteiger partial charge on any atom is -0.466 e. The lowest BCUT2D eigenvalue weighted by Crippen LogP contribution is -2.45. The summed E-state index contributed by atoms with van der Waals surface area (Å²) in [6, 6.07) is -0.554. The second kappa shape index (κ2) is 61.1. The molecule has 3 N–H and O–H groups in total. The number of ether oxygens (including phenoxy) is 1. The molecular formula is C65H127NO5. The van der Waals surface area contributed by atoms with Gasteiger partial charge in [0, 0.05) is 12.8 Å². The number of hydrogen-bond acceptors (Lipinski definition) is 5. The second-order valence-corrected chi connectivity index (χ2v) is 22.5. The van der Waals surface area contributed by atoms with E-state index in [0.29, 0.717) is 25.9 Å². The van der Waals surface area contributed by atoms with Gasteiger partial charge in [-0.2, -0.15) is 0 Å². The van der Waals surface area contributed by atoms with Gasteiger partial charge in [0.25, 0.3) is 0 Å². The average Bonchev–Trinajstić information content (AvgIpc) is 3.37. The third-order valence-electron chi connectivity index (χ3n) is 15.3. The van der Waals surface area contributed by atoms with Crippen molar-refractivity contribution in [1.82, 2.24) is 5.32 Å². The van der Waals surface area contributed by atoms with E-state index >= 15 is 0 Å². The van der Waals surface area contributed by atoms with Crippen LogP contribution >= 0.6 is 0 Å². The van der Waals surface area contributed by atoms with Crippen LogP contribution in [0.1, 0.15) is 367 Å². The highest BCUT2D eigenvalue weighted by Crippen LogP contribution is 2.18. The Morgan fingerprint density at radius 1 is 0.380 bits per heavy atom. The van der Waals surface area contributed by atoms with Crippen molar-refractivity contribution in [2.75, 3.05) is 13.2 Å². The quantitative estimate of drug-likeness (QED) is 0.0320. The van der Waals surface area contributed by atoms with Crippen LogP contribution in [0, 0.1) is 0 Å².